The summed E-state index contributed by atoms with van der Waals surface area (Å²) in [6, 6.07) is 16.3. The first-order valence-electron chi connectivity index (χ1n) is 9.92. The van der Waals surface area contributed by atoms with E-state index in [-0.39, 0.29) is 0 Å². The molecule has 0 aliphatic carbocycles. The van der Waals surface area contributed by atoms with Crippen molar-refractivity contribution in [3.63, 3.8) is 0 Å². The van der Waals surface area contributed by atoms with Gasteiger partial charge in [-0.05, 0) is 44.3 Å². The van der Waals surface area contributed by atoms with Gasteiger partial charge in [-0.2, -0.15) is 0 Å². The van der Waals surface area contributed by atoms with Gasteiger partial charge >= 0.3 is 11.2 Å². The van der Waals surface area contributed by atoms with E-state index < -0.39 is 16.2 Å². The molecule has 0 amide bonds. The number of hydrogen-bond donors (Lipinski definition) is 1. The first-order chi connectivity index (χ1) is 14.1. The Morgan fingerprint density at radius 2 is 1.69 bits per heavy atom. The molecular weight excluding hydrogens is 368 g/mol. The first-order valence-corrected chi connectivity index (χ1v) is 9.92. The molecule has 0 fully saturated rings. The van der Waals surface area contributed by atoms with Crippen LogP contribution in [0.15, 0.2) is 59.4 Å². The lowest BCUT2D eigenvalue weighted by Gasteiger charge is -2.19. The highest BCUT2D eigenvalue weighted by Gasteiger charge is 2.26. The molecule has 152 valence electrons. The zero-order chi connectivity index (χ0) is 20.8. The van der Waals surface area contributed by atoms with Crippen LogP contribution in [0.25, 0.3) is 16.6 Å². The van der Waals surface area contributed by atoms with Crippen LogP contribution < -0.4 is 10.9 Å². The maximum Gasteiger partial charge on any atom is 0.357 e. The van der Waals surface area contributed by atoms with Crippen LogP contribution in [0.4, 0.5) is 11.4 Å². The molecule has 0 bridgehead atoms. The van der Waals surface area contributed by atoms with Gasteiger partial charge in [-0.15, -0.1) is 0 Å². The lowest BCUT2D eigenvalue weighted by Crippen LogP contribution is -2.26. The second-order valence-electron chi connectivity index (χ2n) is 6.78. The Hall–Kier alpha value is -3.19. The van der Waals surface area contributed by atoms with Crippen LogP contribution in [0.3, 0.4) is 0 Å². The van der Waals surface area contributed by atoms with Gasteiger partial charge in [0.1, 0.15) is 5.69 Å². The molecule has 0 spiro atoms. The molecule has 0 radical (unpaired) electrons. The van der Waals surface area contributed by atoms with Crippen molar-refractivity contribution in [2.45, 2.75) is 20.3 Å². The minimum absolute atomic E-state index is 0.294. The summed E-state index contributed by atoms with van der Waals surface area (Å²) < 4.78 is 1.41. The maximum atomic E-state index is 13.2. The number of benzene rings is 2. The zero-order valence-corrected chi connectivity index (χ0v) is 16.8. The van der Waals surface area contributed by atoms with Crippen LogP contribution in [0.5, 0.6) is 0 Å². The van der Waals surface area contributed by atoms with Gasteiger partial charge in [-0.25, -0.2) is 0 Å². The number of hydrogen-bond acceptors (Lipinski definition) is 5. The van der Waals surface area contributed by atoms with E-state index in [2.05, 4.69) is 24.1 Å². The van der Waals surface area contributed by atoms with Crippen LogP contribution in [-0.2, 0) is 0 Å². The molecule has 0 saturated carbocycles. The van der Waals surface area contributed by atoms with Crippen LogP contribution in [0.1, 0.15) is 20.3 Å². The second-order valence-corrected chi connectivity index (χ2v) is 6.78. The van der Waals surface area contributed by atoms with Crippen molar-refractivity contribution in [2.24, 2.45) is 0 Å². The summed E-state index contributed by atoms with van der Waals surface area (Å²) >= 11 is 0. The summed E-state index contributed by atoms with van der Waals surface area (Å²) in [5.74, 6) is 0. The molecule has 0 atom stereocenters. The van der Waals surface area contributed by atoms with E-state index in [1.165, 1.54) is 4.57 Å². The summed E-state index contributed by atoms with van der Waals surface area (Å²) in [6.07, 6.45) is 0.828. The summed E-state index contributed by atoms with van der Waals surface area (Å²) in [5, 5.41) is 15.7. The van der Waals surface area contributed by atoms with Crippen molar-refractivity contribution in [1.29, 1.82) is 0 Å². The highest BCUT2D eigenvalue weighted by Crippen LogP contribution is 2.31. The number of nitrogens with one attached hydrogen (secondary N) is 1. The molecule has 3 aromatic rings. The van der Waals surface area contributed by atoms with Gasteiger partial charge in [0, 0.05) is 17.6 Å². The van der Waals surface area contributed by atoms with Crippen LogP contribution in [0.2, 0.25) is 0 Å². The van der Waals surface area contributed by atoms with Crippen molar-refractivity contribution in [3.8, 4) is 5.69 Å². The Morgan fingerprint density at radius 3 is 2.34 bits per heavy atom. The Balaban J connectivity index is 2.07. The van der Waals surface area contributed by atoms with E-state index in [0.717, 1.165) is 26.1 Å². The number of rotatable bonds is 9. The molecule has 1 aromatic heterocycles. The van der Waals surface area contributed by atoms with Gasteiger partial charge in [-0.1, -0.05) is 50.2 Å². The molecule has 1 heterocycles. The molecule has 0 saturated heterocycles. The monoisotopic (exact) mass is 394 g/mol. The van der Waals surface area contributed by atoms with Gasteiger partial charge in [0.25, 0.3) is 0 Å². The predicted octanol–water partition coefficient (Wildman–Crippen LogP) is 4.04. The molecule has 0 aliphatic heterocycles. The number of anilines is 1. The van der Waals surface area contributed by atoms with Crippen LogP contribution >= 0.6 is 0 Å². The fourth-order valence-electron chi connectivity index (χ4n) is 3.57. The SMILES string of the molecule is CCN(CC)CCCNc1c([N+](=O)[O-])c(=O)n(-c2ccccc2)c2ccccc12. The second kappa shape index (κ2) is 9.34. The van der Waals surface area contributed by atoms with E-state index in [9.17, 15) is 14.9 Å². The first kappa shape index (κ1) is 20.5. The van der Waals surface area contributed by atoms with E-state index in [4.69, 9.17) is 0 Å². The lowest BCUT2D eigenvalue weighted by molar-refractivity contribution is -0.385. The molecule has 0 aliphatic rings. The smallest absolute Gasteiger partial charge is 0.357 e. The molecule has 29 heavy (non-hydrogen) atoms. The minimum atomic E-state index is -0.633. The maximum absolute atomic E-state index is 13.2. The minimum Gasteiger partial charge on any atom is -0.379 e. The molecule has 1 N–H and O–H groups in total. The quantitative estimate of drug-likeness (QED) is 0.336. The third-order valence-electron chi connectivity index (χ3n) is 5.10. The summed E-state index contributed by atoms with van der Waals surface area (Å²) in [4.78, 5) is 26.7. The standard InChI is InChI=1S/C22H26N4O3/c1-3-24(4-2)16-10-15-23-20-18-13-8-9-14-19(18)25(17-11-6-5-7-12-17)22(27)21(20)26(28)29/h5-9,11-14,23H,3-4,10,15-16H2,1-2H3. The molecule has 0 unspecified atom stereocenters. The van der Waals surface area contributed by atoms with Gasteiger partial charge in [0.05, 0.1) is 10.4 Å². The van der Waals surface area contributed by atoms with Crippen molar-refractivity contribution in [1.82, 2.24) is 9.47 Å². The van der Waals surface area contributed by atoms with Gasteiger partial charge in [0.15, 0.2) is 0 Å². The molecule has 3 rings (SSSR count). The summed E-state index contributed by atoms with van der Waals surface area (Å²) in [6.45, 7) is 7.60. The summed E-state index contributed by atoms with van der Waals surface area (Å²) in [7, 11) is 0. The number of pyridine rings is 1. The van der Waals surface area contributed by atoms with Crippen LogP contribution in [-0.4, -0.2) is 40.6 Å². The number of fused-ring (bicyclic) bond motifs is 1. The van der Waals surface area contributed by atoms with Crippen molar-refractivity contribution in [2.75, 3.05) is 31.5 Å². The average Bonchev–Trinajstić information content (AvgIpc) is 2.74. The zero-order valence-electron chi connectivity index (χ0n) is 16.8. The van der Waals surface area contributed by atoms with Crippen LogP contribution in [0, 0.1) is 10.1 Å². The fraction of sp³-hybridized carbons (Fsp3) is 0.318. The Kier molecular flexibility index (Phi) is 6.61. The third kappa shape index (κ3) is 4.30. The topological polar surface area (TPSA) is 80.4 Å². The van der Waals surface area contributed by atoms with Crippen molar-refractivity contribution < 1.29 is 4.92 Å². The number of nitro groups is 1. The third-order valence-corrected chi connectivity index (χ3v) is 5.10. The van der Waals surface area contributed by atoms with E-state index >= 15 is 0 Å². The highest BCUT2D eigenvalue weighted by atomic mass is 16.6. The van der Waals surface area contributed by atoms with Gasteiger partial charge in [-0.3, -0.25) is 19.5 Å². The predicted molar refractivity (Wildman–Crippen MR) is 117 cm³/mol. The Labute approximate surface area is 169 Å². The Morgan fingerprint density at radius 1 is 1.03 bits per heavy atom. The fourth-order valence-corrected chi connectivity index (χ4v) is 3.57. The van der Waals surface area contributed by atoms with Crippen molar-refractivity contribution >= 4 is 22.3 Å². The van der Waals surface area contributed by atoms with Gasteiger partial charge < -0.3 is 10.2 Å². The van der Waals surface area contributed by atoms with Gasteiger partial charge in [0.2, 0.25) is 0 Å². The Bertz CT molecular complexity index is 1040. The van der Waals surface area contributed by atoms with Crippen molar-refractivity contribution in [3.05, 3.63) is 75.1 Å². The molecule has 7 heteroatoms. The van der Waals surface area contributed by atoms with E-state index in [0.29, 0.717) is 28.8 Å². The normalized spacial score (nSPS) is 11.1. The number of para-hydroxylation sites is 2. The molecule has 2 aromatic carbocycles. The molecular formula is C22H26N4O3. The average molecular weight is 394 g/mol. The highest BCUT2D eigenvalue weighted by molar-refractivity contribution is 5.97. The number of aromatic nitrogens is 1. The van der Waals surface area contributed by atoms with E-state index in [1.54, 1.807) is 12.1 Å². The van der Waals surface area contributed by atoms with E-state index in [1.807, 2.05) is 42.5 Å². The largest absolute Gasteiger partial charge is 0.379 e. The molecule has 7 nitrogen and oxygen atoms in total. The lowest BCUT2D eigenvalue weighted by atomic mass is 10.1. The summed E-state index contributed by atoms with van der Waals surface area (Å²) in [5.41, 5.74) is 0.481. The number of nitrogens with zero attached hydrogens (tertiary/aromatic N) is 3.